The van der Waals surface area contributed by atoms with Crippen molar-refractivity contribution in [3.8, 4) is 5.88 Å². The number of rotatable bonds is 5. The van der Waals surface area contributed by atoms with Crippen molar-refractivity contribution in [2.75, 3.05) is 25.2 Å². The second kappa shape index (κ2) is 5.79. The Hall–Kier alpha value is -1.17. The molecule has 0 aromatic carbocycles. The van der Waals surface area contributed by atoms with Gasteiger partial charge in [-0.05, 0) is 13.8 Å². The van der Waals surface area contributed by atoms with Gasteiger partial charge in [0.15, 0.2) is 0 Å². The van der Waals surface area contributed by atoms with E-state index in [1.165, 1.54) is 6.33 Å². The fraction of sp³-hybridized carbons (Fsp3) is 0.600. The van der Waals surface area contributed by atoms with E-state index in [1.807, 2.05) is 13.8 Å². The van der Waals surface area contributed by atoms with Crippen molar-refractivity contribution in [1.29, 1.82) is 0 Å². The standard InChI is InChI=1S/C10H17N3O2S/c1-7(16(4)14)5-11-9-8(2)10(15-3)13-6-12-9/h6-7H,5H2,1-4H3,(H,11,12,13). The molecule has 2 atom stereocenters. The fourth-order valence-corrected chi connectivity index (χ4v) is 1.49. The smallest absolute Gasteiger partial charge is 0.221 e. The molecule has 0 bridgehead atoms. The van der Waals surface area contributed by atoms with E-state index in [-0.39, 0.29) is 5.25 Å². The van der Waals surface area contributed by atoms with Crippen molar-refractivity contribution in [1.82, 2.24) is 9.97 Å². The summed E-state index contributed by atoms with van der Waals surface area (Å²) in [6, 6.07) is 0. The lowest BCUT2D eigenvalue weighted by Gasteiger charge is -2.13. The SMILES string of the molecule is COc1ncnc(NCC(C)S(C)=O)c1C. The minimum atomic E-state index is -0.835. The van der Waals surface area contributed by atoms with Crippen LogP contribution in [0.2, 0.25) is 0 Å². The predicted molar refractivity (Wildman–Crippen MR) is 65.3 cm³/mol. The average Bonchev–Trinajstić information content (AvgIpc) is 2.27. The summed E-state index contributed by atoms with van der Waals surface area (Å²) in [5.74, 6) is 1.28. The summed E-state index contributed by atoms with van der Waals surface area (Å²) in [5, 5.41) is 3.23. The quantitative estimate of drug-likeness (QED) is 0.835. The molecule has 1 aromatic rings. The lowest BCUT2D eigenvalue weighted by molar-refractivity contribution is 0.393. The van der Waals surface area contributed by atoms with E-state index in [1.54, 1.807) is 13.4 Å². The van der Waals surface area contributed by atoms with Crippen LogP contribution < -0.4 is 10.1 Å². The van der Waals surface area contributed by atoms with Crippen molar-refractivity contribution in [2.24, 2.45) is 0 Å². The molecule has 1 heterocycles. The maximum atomic E-state index is 11.2. The first-order valence-electron chi connectivity index (χ1n) is 4.98. The number of hydrogen-bond acceptors (Lipinski definition) is 5. The number of methoxy groups -OCH3 is 1. The number of anilines is 1. The van der Waals surface area contributed by atoms with E-state index in [4.69, 9.17) is 4.74 Å². The molecule has 5 nitrogen and oxygen atoms in total. The zero-order chi connectivity index (χ0) is 12.1. The minimum Gasteiger partial charge on any atom is -0.481 e. The van der Waals surface area contributed by atoms with Crippen LogP contribution in [0.4, 0.5) is 5.82 Å². The Morgan fingerprint density at radius 2 is 2.25 bits per heavy atom. The summed E-state index contributed by atoms with van der Waals surface area (Å²) >= 11 is 0. The van der Waals surface area contributed by atoms with Crippen molar-refractivity contribution in [2.45, 2.75) is 19.1 Å². The van der Waals surface area contributed by atoms with Crippen molar-refractivity contribution in [3.63, 3.8) is 0 Å². The normalized spacial score (nSPS) is 14.2. The Labute approximate surface area is 98.1 Å². The third-order valence-corrected chi connectivity index (χ3v) is 3.65. The van der Waals surface area contributed by atoms with Gasteiger partial charge in [-0.1, -0.05) is 0 Å². The van der Waals surface area contributed by atoms with Crippen molar-refractivity contribution in [3.05, 3.63) is 11.9 Å². The van der Waals surface area contributed by atoms with Crippen LogP contribution in [0.1, 0.15) is 12.5 Å². The van der Waals surface area contributed by atoms with E-state index in [0.29, 0.717) is 12.4 Å². The first-order valence-corrected chi connectivity index (χ1v) is 6.60. The van der Waals surface area contributed by atoms with Gasteiger partial charge in [0.1, 0.15) is 12.1 Å². The Kier molecular flexibility index (Phi) is 4.67. The largest absolute Gasteiger partial charge is 0.481 e. The van der Waals surface area contributed by atoms with Gasteiger partial charge in [-0.15, -0.1) is 0 Å². The zero-order valence-corrected chi connectivity index (χ0v) is 10.8. The summed E-state index contributed by atoms with van der Waals surface area (Å²) in [5.41, 5.74) is 0.860. The van der Waals surface area contributed by atoms with Crippen LogP contribution >= 0.6 is 0 Å². The second-order valence-electron chi connectivity index (χ2n) is 3.55. The Morgan fingerprint density at radius 1 is 1.56 bits per heavy atom. The van der Waals surface area contributed by atoms with E-state index in [9.17, 15) is 4.21 Å². The molecule has 0 amide bonds. The molecule has 0 saturated carbocycles. The van der Waals surface area contributed by atoms with Crippen LogP contribution in [0, 0.1) is 6.92 Å². The van der Waals surface area contributed by atoms with Gasteiger partial charge < -0.3 is 10.1 Å². The molecule has 6 heteroatoms. The minimum absolute atomic E-state index is 0.0837. The summed E-state index contributed by atoms with van der Waals surface area (Å²) in [4.78, 5) is 8.10. The van der Waals surface area contributed by atoms with Gasteiger partial charge in [-0.2, -0.15) is 0 Å². The lowest BCUT2D eigenvalue weighted by Crippen LogP contribution is -2.21. The molecule has 2 unspecified atom stereocenters. The molecule has 90 valence electrons. The molecule has 16 heavy (non-hydrogen) atoms. The summed E-state index contributed by atoms with van der Waals surface area (Å²) in [7, 11) is 0.737. The van der Waals surface area contributed by atoms with Gasteiger partial charge in [0, 0.05) is 28.9 Å². The maximum Gasteiger partial charge on any atom is 0.221 e. The highest BCUT2D eigenvalue weighted by atomic mass is 32.2. The van der Waals surface area contributed by atoms with E-state index >= 15 is 0 Å². The third kappa shape index (κ3) is 3.16. The second-order valence-corrected chi connectivity index (χ2v) is 5.35. The highest BCUT2D eigenvalue weighted by molar-refractivity contribution is 7.84. The average molecular weight is 243 g/mol. The van der Waals surface area contributed by atoms with E-state index in [0.717, 1.165) is 11.4 Å². The van der Waals surface area contributed by atoms with Gasteiger partial charge in [0.05, 0.1) is 12.7 Å². The number of nitrogens with zero attached hydrogens (tertiary/aromatic N) is 2. The van der Waals surface area contributed by atoms with Crippen LogP contribution in [0.25, 0.3) is 0 Å². The molecule has 1 aromatic heterocycles. The highest BCUT2D eigenvalue weighted by Gasteiger charge is 2.10. The van der Waals surface area contributed by atoms with Crippen molar-refractivity contribution < 1.29 is 8.95 Å². The van der Waals surface area contributed by atoms with E-state index < -0.39 is 10.8 Å². The first kappa shape index (κ1) is 12.9. The number of nitrogens with one attached hydrogen (secondary N) is 1. The topological polar surface area (TPSA) is 64.1 Å². The lowest BCUT2D eigenvalue weighted by atomic mass is 10.3. The molecule has 0 saturated heterocycles. The summed E-state index contributed by atoms with van der Waals surface area (Å²) in [6.45, 7) is 4.43. The molecule has 0 radical (unpaired) electrons. The number of hydrogen-bond donors (Lipinski definition) is 1. The molecule has 0 aliphatic rings. The Morgan fingerprint density at radius 3 is 2.81 bits per heavy atom. The molecule has 0 aliphatic heterocycles. The number of ether oxygens (including phenoxy) is 1. The van der Waals surface area contributed by atoms with Crippen LogP contribution in [0.5, 0.6) is 5.88 Å². The molecule has 0 aliphatic carbocycles. The van der Waals surface area contributed by atoms with Gasteiger partial charge in [0.25, 0.3) is 0 Å². The maximum absolute atomic E-state index is 11.2. The van der Waals surface area contributed by atoms with Crippen LogP contribution in [-0.2, 0) is 10.8 Å². The van der Waals surface area contributed by atoms with Gasteiger partial charge in [0.2, 0.25) is 5.88 Å². The molecule has 0 fully saturated rings. The van der Waals surface area contributed by atoms with Crippen LogP contribution in [0.15, 0.2) is 6.33 Å². The van der Waals surface area contributed by atoms with Crippen LogP contribution in [-0.4, -0.2) is 39.3 Å². The Bertz CT molecular complexity index is 384. The molecule has 1 N–H and O–H groups in total. The highest BCUT2D eigenvalue weighted by Crippen LogP contribution is 2.19. The van der Waals surface area contributed by atoms with E-state index in [2.05, 4.69) is 15.3 Å². The fourth-order valence-electron chi connectivity index (χ4n) is 1.18. The van der Waals surface area contributed by atoms with Gasteiger partial charge in [-0.25, -0.2) is 9.97 Å². The van der Waals surface area contributed by atoms with Crippen molar-refractivity contribution >= 4 is 16.6 Å². The molecular weight excluding hydrogens is 226 g/mol. The predicted octanol–water partition coefficient (Wildman–Crippen LogP) is 0.973. The monoisotopic (exact) mass is 243 g/mol. The Balaban J connectivity index is 2.71. The first-order chi connectivity index (χ1) is 7.56. The summed E-state index contributed by atoms with van der Waals surface area (Å²) < 4.78 is 16.3. The van der Waals surface area contributed by atoms with Gasteiger partial charge in [-0.3, -0.25) is 4.21 Å². The molecule has 0 spiro atoms. The third-order valence-electron chi connectivity index (χ3n) is 2.35. The zero-order valence-electron chi connectivity index (χ0n) is 9.98. The number of aromatic nitrogens is 2. The molecular formula is C10H17N3O2S. The molecule has 1 rings (SSSR count). The summed E-state index contributed by atoms with van der Waals surface area (Å²) in [6.07, 6.45) is 3.14. The van der Waals surface area contributed by atoms with Crippen LogP contribution in [0.3, 0.4) is 0 Å². The van der Waals surface area contributed by atoms with Gasteiger partial charge >= 0.3 is 0 Å².